The van der Waals surface area contributed by atoms with Crippen LogP contribution in [-0.4, -0.2) is 26.7 Å². The summed E-state index contributed by atoms with van der Waals surface area (Å²) in [5, 5.41) is 11.1. The molecule has 0 bridgehead atoms. The molecule has 0 radical (unpaired) electrons. The molecule has 0 fully saturated rings. The number of carbonyl (C=O) groups excluding carboxylic acids is 1. The summed E-state index contributed by atoms with van der Waals surface area (Å²) in [6.45, 7) is 11.0. The van der Waals surface area contributed by atoms with Crippen molar-refractivity contribution in [2.45, 2.75) is 52.7 Å². The van der Waals surface area contributed by atoms with E-state index in [9.17, 15) is 9.59 Å². The number of hydrogen-bond acceptors (Lipinski definition) is 5. The maximum atomic E-state index is 12.4. The highest BCUT2D eigenvalue weighted by Crippen LogP contribution is 2.17. The Morgan fingerprint density at radius 2 is 1.83 bits per heavy atom. The predicted molar refractivity (Wildman–Crippen MR) is 88.7 cm³/mol. The van der Waals surface area contributed by atoms with Crippen molar-refractivity contribution < 1.29 is 9.53 Å². The van der Waals surface area contributed by atoms with Crippen LogP contribution in [0.1, 0.15) is 41.5 Å². The summed E-state index contributed by atoms with van der Waals surface area (Å²) < 4.78 is 6.53. The van der Waals surface area contributed by atoms with Crippen LogP contribution in [0.3, 0.4) is 0 Å². The fourth-order valence-electron chi connectivity index (χ4n) is 1.98. The normalized spacial score (nSPS) is 12.3. The number of nitrogens with zero attached hydrogens (tertiary/aromatic N) is 3. The standard InChI is InChI=1S/C16H22N4O3/c1-15(2,3)20-13(21)11-8-7-10(9-12(11)18-19-20)17-14(22)23-16(4,5)6/h7-9H,1-6H3,(H,17,22). The Balaban J connectivity index is 2.34. The first-order chi connectivity index (χ1) is 10.5. The lowest BCUT2D eigenvalue weighted by atomic mass is 10.1. The maximum absolute atomic E-state index is 12.4. The minimum atomic E-state index is -0.582. The summed E-state index contributed by atoms with van der Waals surface area (Å²) in [5.74, 6) is 0. The molecule has 2 rings (SSSR count). The molecule has 7 nitrogen and oxygen atoms in total. The van der Waals surface area contributed by atoms with Gasteiger partial charge in [0.05, 0.1) is 10.9 Å². The molecule has 1 N–H and O–H groups in total. The van der Waals surface area contributed by atoms with Crippen molar-refractivity contribution in [1.82, 2.24) is 15.0 Å². The average molecular weight is 318 g/mol. The third-order valence-electron chi connectivity index (χ3n) is 2.94. The van der Waals surface area contributed by atoms with Crippen molar-refractivity contribution in [2.75, 3.05) is 5.32 Å². The molecule has 0 aliphatic carbocycles. The van der Waals surface area contributed by atoms with Gasteiger partial charge in [-0.1, -0.05) is 5.21 Å². The first kappa shape index (κ1) is 16.9. The van der Waals surface area contributed by atoms with Gasteiger partial charge < -0.3 is 4.74 Å². The van der Waals surface area contributed by atoms with E-state index in [4.69, 9.17) is 4.74 Å². The van der Waals surface area contributed by atoms with E-state index in [1.807, 2.05) is 20.8 Å². The molecule has 0 spiro atoms. The lowest BCUT2D eigenvalue weighted by molar-refractivity contribution is 0.0636. The molecule has 1 aromatic heterocycles. The number of benzene rings is 1. The third-order valence-corrected chi connectivity index (χ3v) is 2.94. The summed E-state index contributed by atoms with van der Waals surface area (Å²) in [6, 6.07) is 4.87. The van der Waals surface area contributed by atoms with Crippen molar-refractivity contribution in [3.8, 4) is 0 Å². The zero-order valence-corrected chi connectivity index (χ0v) is 14.3. The molecule has 0 aliphatic heterocycles. The van der Waals surface area contributed by atoms with Gasteiger partial charge in [-0.25, -0.2) is 9.48 Å². The van der Waals surface area contributed by atoms with Crippen LogP contribution in [0.25, 0.3) is 10.9 Å². The van der Waals surface area contributed by atoms with Gasteiger partial charge in [0.1, 0.15) is 11.1 Å². The van der Waals surface area contributed by atoms with Gasteiger partial charge in [-0.3, -0.25) is 10.1 Å². The Kier molecular flexibility index (Phi) is 4.15. The van der Waals surface area contributed by atoms with E-state index in [1.165, 1.54) is 4.68 Å². The number of anilines is 1. The van der Waals surface area contributed by atoms with Gasteiger partial charge >= 0.3 is 6.09 Å². The fourth-order valence-corrected chi connectivity index (χ4v) is 1.98. The van der Waals surface area contributed by atoms with Crippen LogP contribution in [0.2, 0.25) is 0 Å². The molecule has 0 saturated heterocycles. The van der Waals surface area contributed by atoms with Crippen molar-refractivity contribution in [3.63, 3.8) is 0 Å². The third kappa shape index (κ3) is 4.06. The van der Waals surface area contributed by atoms with Crippen molar-refractivity contribution in [2.24, 2.45) is 0 Å². The number of ether oxygens (including phenoxy) is 1. The van der Waals surface area contributed by atoms with E-state index in [2.05, 4.69) is 15.6 Å². The Bertz CT molecular complexity index is 798. The van der Waals surface area contributed by atoms with Crippen LogP contribution in [-0.2, 0) is 10.3 Å². The Morgan fingerprint density at radius 3 is 2.39 bits per heavy atom. The molecule has 1 aromatic carbocycles. The lowest BCUT2D eigenvalue weighted by Crippen LogP contribution is -2.36. The molecular formula is C16H22N4O3. The van der Waals surface area contributed by atoms with E-state index in [1.54, 1.807) is 39.0 Å². The number of nitrogens with one attached hydrogen (secondary N) is 1. The molecule has 1 amide bonds. The number of fused-ring (bicyclic) bond motifs is 1. The molecule has 0 atom stereocenters. The lowest BCUT2D eigenvalue weighted by Gasteiger charge is -2.20. The number of rotatable bonds is 1. The fraction of sp³-hybridized carbons (Fsp3) is 0.500. The van der Waals surface area contributed by atoms with E-state index >= 15 is 0 Å². The molecule has 2 aromatic rings. The summed E-state index contributed by atoms with van der Waals surface area (Å²) in [5.41, 5.74) is -0.336. The molecule has 1 heterocycles. The minimum absolute atomic E-state index is 0.216. The highest BCUT2D eigenvalue weighted by atomic mass is 16.6. The van der Waals surface area contributed by atoms with Crippen LogP contribution < -0.4 is 10.9 Å². The molecule has 23 heavy (non-hydrogen) atoms. The van der Waals surface area contributed by atoms with E-state index in [0.29, 0.717) is 16.6 Å². The summed E-state index contributed by atoms with van der Waals surface area (Å²) in [4.78, 5) is 24.2. The Labute approximate surface area is 134 Å². The highest BCUT2D eigenvalue weighted by Gasteiger charge is 2.19. The molecule has 0 saturated carbocycles. The number of hydrogen-bond donors (Lipinski definition) is 1. The molecule has 124 valence electrons. The quantitative estimate of drug-likeness (QED) is 0.873. The van der Waals surface area contributed by atoms with E-state index < -0.39 is 17.2 Å². The van der Waals surface area contributed by atoms with Crippen molar-refractivity contribution in [1.29, 1.82) is 0 Å². The topological polar surface area (TPSA) is 86.1 Å². The monoisotopic (exact) mass is 318 g/mol. The van der Waals surface area contributed by atoms with Gasteiger partial charge in [-0.15, -0.1) is 5.10 Å². The summed E-state index contributed by atoms with van der Waals surface area (Å²) in [7, 11) is 0. The molecule has 0 aliphatic rings. The number of carbonyl (C=O) groups is 1. The SMILES string of the molecule is CC(C)(C)OC(=O)Nc1ccc2c(=O)n(C(C)(C)C)nnc2c1. The van der Waals surface area contributed by atoms with Crippen LogP contribution in [0, 0.1) is 0 Å². The predicted octanol–water partition coefficient (Wildman–Crippen LogP) is 2.89. The van der Waals surface area contributed by atoms with Gasteiger partial charge in [0.2, 0.25) is 0 Å². The van der Waals surface area contributed by atoms with Crippen LogP contribution in [0.4, 0.5) is 10.5 Å². The second-order valence-corrected chi connectivity index (χ2v) is 7.34. The van der Waals surface area contributed by atoms with Crippen LogP contribution in [0.5, 0.6) is 0 Å². The number of amides is 1. The van der Waals surface area contributed by atoms with Crippen molar-refractivity contribution >= 4 is 22.7 Å². The Hall–Kier alpha value is -2.44. The van der Waals surface area contributed by atoms with E-state index in [-0.39, 0.29) is 5.56 Å². The smallest absolute Gasteiger partial charge is 0.412 e. The second-order valence-electron chi connectivity index (χ2n) is 7.34. The minimum Gasteiger partial charge on any atom is -0.444 e. The first-order valence-electron chi connectivity index (χ1n) is 7.38. The van der Waals surface area contributed by atoms with Gasteiger partial charge in [0, 0.05) is 5.69 Å². The maximum Gasteiger partial charge on any atom is 0.412 e. The van der Waals surface area contributed by atoms with Gasteiger partial charge in [-0.2, -0.15) is 0 Å². The highest BCUT2D eigenvalue weighted by molar-refractivity contribution is 5.89. The first-order valence-corrected chi connectivity index (χ1v) is 7.38. The number of aromatic nitrogens is 3. The van der Waals surface area contributed by atoms with Crippen LogP contribution >= 0.6 is 0 Å². The van der Waals surface area contributed by atoms with Crippen molar-refractivity contribution in [3.05, 3.63) is 28.6 Å². The molecule has 0 unspecified atom stereocenters. The summed E-state index contributed by atoms with van der Waals surface area (Å²) in [6.07, 6.45) is -0.562. The van der Waals surface area contributed by atoms with Gasteiger partial charge in [0.15, 0.2) is 0 Å². The van der Waals surface area contributed by atoms with E-state index in [0.717, 1.165) is 0 Å². The van der Waals surface area contributed by atoms with Gasteiger partial charge in [0.25, 0.3) is 5.56 Å². The van der Waals surface area contributed by atoms with Gasteiger partial charge in [-0.05, 0) is 59.7 Å². The average Bonchev–Trinajstić information content (AvgIpc) is 2.34. The zero-order chi connectivity index (χ0) is 17.4. The second kappa shape index (κ2) is 5.64. The molecule has 7 heteroatoms. The van der Waals surface area contributed by atoms with Crippen LogP contribution in [0.15, 0.2) is 23.0 Å². The largest absolute Gasteiger partial charge is 0.444 e. The molecular weight excluding hydrogens is 296 g/mol. The summed E-state index contributed by atoms with van der Waals surface area (Å²) >= 11 is 0. The zero-order valence-electron chi connectivity index (χ0n) is 14.3. The Morgan fingerprint density at radius 1 is 1.17 bits per heavy atom.